The minimum absolute atomic E-state index is 0.659. The summed E-state index contributed by atoms with van der Waals surface area (Å²) in [7, 11) is 1.97. The van der Waals surface area contributed by atoms with Crippen LogP contribution in [0.4, 0.5) is 0 Å². The Kier molecular flexibility index (Phi) is 5.15. The van der Waals surface area contributed by atoms with Crippen molar-refractivity contribution < 1.29 is 0 Å². The first-order valence-corrected chi connectivity index (χ1v) is 7.92. The Balaban J connectivity index is 1.97. The molecule has 1 aliphatic heterocycles. The first-order valence-electron chi connectivity index (χ1n) is 7.04. The second-order valence-corrected chi connectivity index (χ2v) is 6.39. The molecule has 1 saturated heterocycles. The van der Waals surface area contributed by atoms with E-state index in [9.17, 15) is 0 Å². The summed E-state index contributed by atoms with van der Waals surface area (Å²) < 4.78 is 0. The molecular weight excluding hydrogens is 242 g/mol. The van der Waals surface area contributed by atoms with E-state index in [-0.39, 0.29) is 0 Å². The van der Waals surface area contributed by atoms with Crippen molar-refractivity contribution in [3.63, 3.8) is 0 Å². The van der Waals surface area contributed by atoms with E-state index in [1.165, 1.54) is 36.5 Å². The van der Waals surface area contributed by atoms with Crippen LogP contribution in [0.3, 0.4) is 0 Å². The zero-order valence-corrected chi connectivity index (χ0v) is 12.6. The van der Waals surface area contributed by atoms with Crippen LogP contribution in [-0.2, 0) is 13.0 Å². The zero-order valence-electron chi connectivity index (χ0n) is 11.8. The quantitative estimate of drug-likeness (QED) is 0.889. The summed E-state index contributed by atoms with van der Waals surface area (Å²) in [6.45, 7) is 6.77. The SMILES string of the molecule is CNCc1csc(CC2CCCCN2C(C)C)n1. The van der Waals surface area contributed by atoms with Crippen LogP contribution in [0.5, 0.6) is 0 Å². The maximum atomic E-state index is 4.72. The third kappa shape index (κ3) is 3.53. The summed E-state index contributed by atoms with van der Waals surface area (Å²) in [4.78, 5) is 7.37. The van der Waals surface area contributed by atoms with Gasteiger partial charge in [0.2, 0.25) is 0 Å². The standard InChI is InChI=1S/C14H25N3S/c1-11(2)17-7-5-4-6-13(17)8-14-16-12(9-15-3)10-18-14/h10-11,13,15H,4-9H2,1-3H3. The second-order valence-electron chi connectivity index (χ2n) is 5.45. The summed E-state index contributed by atoms with van der Waals surface area (Å²) in [5.41, 5.74) is 1.18. The number of rotatable bonds is 5. The van der Waals surface area contributed by atoms with Crippen LogP contribution >= 0.6 is 11.3 Å². The predicted octanol–water partition coefficient (Wildman–Crippen LogP) is 2.67. The third-order valence-electron chi connectivity index (χ3n) is 3.70. The van der Waals surface area contributed by atoms with Crippen LogP contribution in [-0.4, -0.2) is 35.6 Å². The smallest absolute Gasteiger partial charge is 0.0944 e. The van der Waals surface area contributed by atoms with Crippen molar-refractivity contribution in [2.75, 3.05) is 13.6 Å². The van der Waals surface area contributed by atoms with Crippen molar-refractivity contribution in [3.8, 4) is 0 Å². The lowest BCUT2D eigenvalue weighted by atomic mass is 9.98. The van der Waals surface area contributed by atoms with Gasteiger partial charge >= 0.3 is 0 Å². The molecule has 0 spiro atoms. The summed E-state index contributed by atoms with van der Waals surface area (Å²) in [6.07, 6.45) is 5.20. The Morgan fingerprint density at radius 3 is 3.06 bits per heavy atom. The Hall–Kier alpha value is -0.450. The fourth-order valence-electron chi connectivity index (χ4n) is 2.83. The fraction of sp³-hybridized carbons (Fsp3) is 0.786. The van der Waals surface area contributed by atoms with E-state index in [0.29, 0.717) is 12.1 Å². The van der Waals surface area contributed by atoms with Gasteiger partial charge < -0.3 is 5.32 Å². The van der Waals surface area contributed by atoms with E-state index in [2.05, 4.69) is 29.4 Å². The van der Waals surface area contributed by atoms with Crippen LogP contribution in [0, 0.1) is 0 Å². The Labute approximate surface area is 115 Å². The van der Waals surface area contributed by atoms with Crippen molar-refractivity contribution in [1.29, 1.82) is 0 Å². The molecule has 1 aromatic rings. The van der Waals surface area contributed by atoms with E-state index >= 15 is 0 Å². The minimum atomic E-state index is 0.659. The molecule has 4 heteroatoms. The molecule has 18 heavy (non-hydrogen) atoms. The Morgan fingerprint density at radius 2 is 2.33 bits per heavy atom. The lowest BCUT2D eigenvalue weighted by Crippen LogP contribution is -2.44. The van der Waals surface area contributed by atoms with Crippen molar-refractivity contribution in [3.05, 3.63) is 16.1 Å². The molecule has 0 bridgehead atoms. The molecule has 0 radical (unpaired) electrons. The molecule has 0 amide bonds. The molecule has 102 valence electrons. The minimum Gasteiger partial charge on any atom is -0.314 e. The highest BCUT2D eigenvalue weighted by Gasteiger charge is 2.25. The third-order valence-corrected chi connectivity index (χ3v) is 4.62. The summed E-state index contributed by atoms with van der Waals surface area (Å²) in [5.74, 6) is 0. The summed E-state index contributed by atoms with van der Waals surface area (Å²) in [5, 5.41) is 6.65. The van der Waals surface area contributed by atoms with E-state index < -0.39 is 0 Å². The van der Waals surface area contributed by atoms with Gasteiger partial charge in [-0.2, -0.15) is 0 Å². The largest absolute Gasteiger partial charge is 0.314 e. The molecule has 1 aromatic heterocycles. The molecule has 1 atom stereocenters. The number of piperidine rings is 1. The van der Waals surface area contributed by atoms with Crippen LogP contribution in [0.1, 0.15) is 43.8 Å². The van der Waals surface area contributed by atoms with Gasteiger partial charge in [0.1, 0.15) is 0 Å². The normalized spacial score (nSPS) is 21.7. The van der Waals surface area contributed by atoms with Gasteiger partial charge in [-0.15, -0.1) is 11.3 Å². The van der Waals surface area contributed by atoms with Crippen molar-refractivity contribution in [2.24, 2.45) is 0 Å². The highest BCUT2D eigenvalue weighted by molar-refractivity contribution is 7.09. The van der Waals surface area contributed by atoms with Crippen molar-refractivity contribution in [2.45, 2.75) is 58.2 Å². The molecule has 2 heterocycles. The van der Waals surface area contributed by atoms with Gasteiger partial charge in [0.05, 0.1) is 10.7 Å². The summed E-state index contributed by atoms with van der Waals surface area (Å²) in [6, 6.07) is 1.36. The Bertz CT molecular complexity index is 362. The van der Waals surface area contributed by atoms with Gasteiger partial charge in [-0.25, -0.2) is 4.98 Å². The van der Waals surface area contributed by atoms with Gasteiger partial charge in [0, 0.05) is 30.4 Å². The van der Waals surface area contributed by atoms with Crippen LogP contribution < -0.4 is 5.32 Å². The lowest BCUT2D eigenvalue weighted by molar-refractivity contribution is 0.111. The molecule has 0 aliphatic carbocycles. The first kappa shape index (κ1) is 14.0. The molecule has 0 aromatic carbocycles. The second kappa shape index (κ2) is 6.64. The highest BCUT2D eigenvalue weighted by Crippen LogP contribution is 2.24. The van der Waals surface area contributed by atoms with Gasteiger partial charge in [0.25, 0.3) is 0 Å². The maximum Gasteiger partial charge on any atom is 0.0944 e. The number of likely N-dealkylation sites (tertiary alicyclic amines) is 1. The molecule has 2 rings (SSSR count). The first-order chi connectivity index (χ1) is 8.70. The number of aromatic nitrogens is 1. The lowest BCUT2D eigenvalue weighted by Gasteiger charge is -2.38. The van der Waals surface area contributed by atoms with Gasteiger partial charge in [-0.05, 0) is 40.3 Å². The number of nitrogens with zero attached hydrogens (tertiary/aromatic N) is 2. The molecule has 1 fully saturated rings. The molecular formula is C14H25N3S. The monoisotopic (exact) mass is 267 g/mol. The molecule has 1 N–H and O–H groups in total. The van der Waals surface area contributed by atoms with Crippen LogP contribution in [0.15, 0.2) is 5.38 Å². The maximum absolute atomic E-state index is 4.72. The highest BCUT2D eigenvalue weighted by atomic mass is 32.1. The predicted molar refractivity (Wildman–Crippen MR) is 78.1 cm³/mol. The van der Waals surface area contributed by atoms with E-state index in [1.807, 2.05) is 18.4 Å². The van der Waals surface area contributed by atoms with Crippen LogP contribution in [0.25, 0.3) is 0 Å². The van der Waals surface area contributed by atoms with E-state index in [0.717, 1.165) is 13.0 Å². The molecule has 3 nitrogen and oxygen atoms in total. The fourth-order valence-corrected chi connectivity index (χ4v) is 3.70. The zero-order chi connectivity index (χ0) is 13.0. The average molecular weight is 267 g/mol. The van der Waals surface area contributed by atoms with Gasteiger partial charge in [0.15, 0.2) is 0 Å². The number of nitrogens with one attached hydrogen (secondary N) is 1. The van der Waals surface area contributed by atoms with Crippen molar-refractivity contribution >= 4 is 11.3 Å². The van der Waals surface area contributed by atoms with Gasteiger partial charge in [-0.3, -0.25) is 4.90 Å². The number of hydrogen-bond donors (Lipinski definition) is 1. The molecule has 0 saturated carbocycles. The van der Waals surface area contributed by atoms with E-state index in [1.54, 1.807) is 0 Å². The van der Waals surface area contributed by atoms with Gasteiger partial charge in [-0.1, -0.05) is 6.42 Å². The number of hydrogen-bond acceptors (Lipinski definition) is 4. The van der Waals surface area contributed by atoms with Crippen molar-refractivity contribution in [1.82, 2.24) is 15.2 Å². The molecule has 1 aliphatic rings. The topological polar surface area (TPSA) is 28.2 Å². The van der Waals surface area contributed by atoms with E-state index in [4.69, 9.17) is 4.98 Å². The number of thiazole rings is 1. The summed E-state index contributed by atoms with van der Waals surface area (Å²) >= 11 is 1.82. The average Bonchev–Trinajstić information content (AvgIpc) is 2.77. The molecule has 1 unspecified atom stereocenters. The van der Waals surface area contributed by atoms with Crippen LogP contribution in [0.2, 0.25) is 0 Å². The Morgan fingerprint density at radius 1 is 1.50 bits per heavy atom.